The van der Waals surface area contributed by atoms with Crippen LogP contribution < -0.4 is 4.74 Å². The minimum Gasteiger partial charge on any atom is -0.496 e. The SMILES string of the molecule is COc1cc(Cn2nc(C)c(C=O)c2C)cc([N+](=O)[O-])c1. The van der Waals surface area contributed by atoms with Gasteiger partial charge in [0.25, 0.3) is 5.69 Å². The van der Waals surface area contributed by atoms with E-state index >= 15 is 0 Å². The van der Waals surface area contributed by atoms with Crippen LogP contribution in [0.4, 0.5) is 5.69 Å². The summed E-state index contributed by atoms with van der Waals surface area (Å²) >= 11 is 0. The number of ether oxygens (including phenoxy) is 1. The first-order chi connectivity index (χ1) is 9.96. The number of non-ortho nitro benzene ring substituents is 1. The van der Waals surface area contributed by atoms with Gasteiger partial charge in [0.2, 0.25) is 0 Å². The predicted octanol–water partition coefficient (Wildman–Crippen LogP) is 2.28. The summed E-state index contributed by atoms with van der Waals surface area (Å²) in [6, 6.07) is 4.55. The van der Waals surface area contributed by atoms with E-state index < -0.39 is 4.92 Å². The number of rotatable bonds is 5. The van der Waals surface area contributed by atoms with Crippen LogP contribution >= 0.6 is 0 Å². The first kappa shape index (κ1) is 14.7. The zero-order valence-electron chi connectivity index (χ0n) is 12.0. The molecule has 1 aromatic carbocycles. The highest BCUT2D eigenvalue weighted by Crippen LogP contribution is 2.23. The molecule has 2 rings (SSSR count). The van der Waals surface area contributed by atoms with Crippen LogP contribution in [0.15, 0.2) is 18.2 Å². The lowest BCUT2D eigenvalue weighted by atomic mass is 10.1. The van der Waals surface area contributed by atoms with Crippen molar-refractivity contribution in [3.05, 3.63) is 50.8 Å². The quantitative estimate of drug-likeness (QED) is 0.478. The van der Waals surface area contributed by atoms with Crippen molar-refractivity contribution in [1.29, 1.82) is 0 Å². The van der Waals surface area contributed by atoms with E-state index in [4.69, 9.17) is 4.74 Å². The number of hydrogen-bond acceptors (Lipinski definition) is 5. The van der Waals surface area contributed by atoms with Crippen molar-refractivity contribution < 1.29 is 14.5 Å². The van der Waals surface area contributed by atoms with Crippen molar-refractivity contribution in [1.82, 2.24) is 9.78 Å². The maximum Gasteiger partial charge on any atom is 0.273 e. The molecule has 110 valence electrons. The Morgan fingerprint density at radius 2 is 2.10 bits per heavy atom. The second-order valence-electron chi connectivity index (χ2n) is 4.66. The fourth-order valence-corrected chi connectivity index (χ4v) is 2.17. The Hall–Kier alpha value is -2.70. The molecule has 7 nitrogen and oxygen atoms in total. The third-order valence-electron chi connectivity index (χ3n) is 3.29. The van der Waals surface area contributed by atoms with Gasteiger partial charge in [0.15, 0.2) is 6.29 Å². The molecule has 1 aromatic heterocycles. The van der Waals surface area contributed by atoms with Crippen LogP contribution in [0, 0.1) is 24.0 Å². The summed E-state index contributed by atoms with van der Waals surface area (Å²) in [6.07, 6.45) is 0.766. The van der Waals surface area contributed by atoms with E-state index in [1.807, 2.05) is 0 Å². The number of benzene rings is 1. The van der Waals surface area contributed by atoms with Crippen LogP contribution in [0.25, 0.3) is 0 Å². The van der Waals surface area contributed by atoms with Crippen molar-refractivity contribution in [3.63, 3.8) is 0 Å². The molecule has 7 heteroatoms. The predicted molar refractivity (Wildman–Crippen MR) is 75.8 cm³/mol. The molecule has 1 heterocycles. The largest absolute Gasteiger partial charge is 0.496 e. The standard InChI is InChI=1S/C14H15N3O4/c1-9-14(8-18)10(2)16(15-9)7-11-4-12(17(19)20)6-13(5-11)21-3/h4-6,8H,7H2,1-3H3. The number of aromatic nitrogens is 2. The highest BCUT2D eigenvalue weighted by molar-refractivity contribution is 5.78. The molecule has 0 fully saturated rings. The second-order valence-corrected chi connectivity index (χ2v) is 4.66. The molecular weight excluding hydrogens is 274 g/mol. The summed E-state index contributed by atoms with van der Waals surface area (Å²) in [5.41, 5.74) is 2.56. The van der Waals surface area contributed by atoms with Crippen LogP contribution in [0.1, 0.15) is 27.3 Å². The Morgan fingerprint density at radius 1 is 1.38 bits per heavy atom. The van der Waals surface area contributed by atoms with Crippen molar-refractivity contribution in [2.24, 2.45) is 0 Å². The number of nitrogens with zero attached hydrogens (tertiary/aromatic N) is 3. The van der Waals surface area contributed by atoms with E-state index in [2.05, 4.69) is 5.10 Å². The lowest BCUT2D eigenvalue weighted by Gasteiger charge is -2.07. The van der Waals surface area contributed by atoms with Gasteiger partial charge < -0.3 is 4.74 Å². The zero-order chi connectivity index (χ0) is 15.6. The van der Waals surface area contributed by atoms with Gasteiger partial charge in [-0.3, -0.25) is 19.6 Å². The summed E-state index contributed by atoms with van der Waals surface area (Å²) in [7, 11) is 1.46. The van der Waals surface area contributed by atoms with Gasteiger partial charge in [-0.1, -0.05) is 0 Å². The van der Waals surface area contributed by atoms with Crippen molar-refractivity contribution in [3.8, 4) is 5.75 Å². The summed E-state index contributed by atoms with van der Waals surface area (Å²) < 4.78 is 6.72. The number of methoxy groups -OCH3 is 1. The highest BCUT2D eigenvalue weighted by atomic mass is 16.6. The van der Waals surface area contributed by atoms with Gasteiger partial charge in [-0.2, -0.15) is 5.10 Å². The molecule has 0 N–H and O–H groups in total. The lowest BCUT2D eigenvalue weighted by Crippen LogP contribution is -2.05. The second kappa shape index (κ2) is 5.74. The molecule has 0 bridgehead atoms. The summed E-state index contributed by atoms with van der Waals surface area (Å²) in [5, 5.41) is 15.2. The molecule has 0 spiro atoms. The number of nitro benzene ring substituents is 1. The highest BCUT2D eigenvalue weighted by Gasteiger charge is 2.14. The number of aldehydes is 1. The first-order valence-electron chi connectivity index (χ1n) is 6.27. The van der Waals surface area contributed by atoms with Crippen LogP contribution in [-0.4, -0.2) is 28.1 Å². The minimum atomic E-state index is -0.468. The topological polar surface area (TPSA) is 87.3 Å². The molecule has 0 amide bonds. The Balaban J connectivity index is 2.41. The molecule has 0 atom stereocenters. The normalized spacial score (nSPS) is 10.4. The zero-order valence-corrected chi connectivity index (χ0v) is 12.0. The summed E-state index contributed by atoms with van der Waals surface area (Å²) in [5.74, 6) is 0.413. The number of carbonyl (C=O) groups is 1. The van der Waals surface area contributed by atoms with Crippen molar-refractivity contribution >= 4 is 12.0 Å². The van der Waals surface area contributed by atoms with Gasteiger partial charge in [0.05, 0.1) is 35.9 Å². The molecule has 0 radical (unpaired) electrons. The van der Waals surface area contributed by atoms with Crippen LogP contribution in [0.3, 0.4) is 0 Å². The minimum absolute atomic E-state index is 0.0403. The van der Waals surface area contributed by atoms with Gasteiger partial charge in [-0.05, 0) is 25.5 Å². The molecule has 0 saturated heterocycles. The summed E-state index contributed by atoms with van der Waals surface area (Å²) in [6.45, 7) is 3.87. The Labute approximate surface area is 121 Å². The third kappa shape index (κ3) is 2.91. The Morgan fingerprint density at radius 3 is 2.62 bits per heavy atom. The van der Waals surface area contributed by atoms with Crippen LogP contribution in [0.5, 0.6) is 5.75 Å². The number of nitro groups is 1. The van der Waals surface area contributed by atoms with Gasteiger partial charge >= 0.3 is 0 Å². The maximum atomic E-state index is 11.0. The van der Waals surface area contributed by atoms with Crippen LogP contribution in [-0.2, 0) is 6.54 Å². The van der Waals surface area contributed by atoms with Gasteiger partial charge in [0, 0.05) is 11.8 Å². The smallest absolute Gasteiger partial charge is 0.273 e. The van der Waals surface area contributed by atoms with E-state index in [0.29, 0.717) is 29.1 Å². The van der Waals surface area contributed by atoms with Gasteiger partial charge in [-0.15, -0.1) is 0 Å². The number of hydrogen-bond donors (Lipinski definition) is 0. The van der Waals surface area contributed by atoms with Gasteiger partial charge in [0.1, 0.15) is 5.75 Å². The van der Waals surface area contributed by atoms with Gasteiger partial charge in [-0.25, -0.2) is 0 Å². The molecule has 2 aromatic rings. The molecule has 0 saturated carbocycles. The number of carbonyl (C=O) groups excluding carboxylic acids is 1. The summed E-state index contributed by atoms with van der Waals surface area (Å²) in [4.78, 5) is 21.5. The van der Waals surface area contributed by atoms with E-state index in [1.165, 1.54) is 19.2 Å². The third-order valence-corrected chi connectivity index (χ3v) is 3.29. The van der Waals surface area contributed by atoms with Crippen molar-refractivity contribution in [2.45, 2.75) is 20.4 Å². The molecule has 0 unspecified atom stereocenters. The van der Waals surface area contributed by atoms with E-state index in [-0.39, 0.29) is 5.69 Å². The average molecular weight is 289 g/mol. The fourth-order valence-electron chi connectivity index (χ4n) is 2.17. The number of aryl methyl sites for hydroxylation is 1. The van der Waals surface area contributed by atoms with Crippen LogP contribution in [0.2, 0.25) is 0 Å². The van der Waals surface area contributed by atoms with E-state index in [9.17, 15) is 14.9 Å². The van der Waals surface area contributed by atoms with E-state index in [1.54, 1.807) is 24.6 Å². The molecule has 21 heavy (non-hydrogen) atoms. The molecular formula is C14H15N3O4. The average Bonchev–Trinajstić information content (AvgIpc) is 2.72. The monoisotopic (exact) mass is 289 g/mol. The Bertz CT molecular complexity index is 706. The maximum absolute atomic E-state index is 11.0. The first-order valence-corrected chi connectivity index (χ1v) is 6.27. The Kier molecular flexibility index (Phi) is 4.02. The fraction of sp³-hybridized carbons (Fsp3) is 0.286. The molecule has 0 aliphatic heterocycles. The van der Waals surface area contributed by atoms with E-state index in [0.717, 1.165) is 12.0 Å². The lowest BCUT2D eigenvalue weighted by molar-refractivity contribution is -0.385. The van der Waals surface area contributed by atoms with Crippen molar-refractivity contribution in [2.75, 3.05) is 7.11 Å². The molecule has 0 aliphatic rings. The molecule has 0 aliphatic carbocycles.